The van der Waals surface area contributed by atoms with Gasteiger partial charge in [-0.25, -0.2) is 0 Å². The predicted octanol–water partition coefficient (Wildman–Crippen LogP) is 1.66. The summed E-state index contributed by atoms with van der Waals surface area (Å²) in [5, 5.41) is 2.69. The molecule has 0 radical (unpaired) electrons. The Morgan fingerprint density at radius 3 is 2.38 bits per heavy atom. The first-order valence-electron chi connectivity index (χ1n) is 4.46. The lowest BCUT2D eigenvalue weighted by molar-refractivity contribution is -0.123. The van der Waals surface area contributed by atoms with Crippen LogP contribution in [0.4, 0.5) is 0 Å². The molecule has 0 spiro atoms. The van der Waals surface area contributed by atoms with E-state index in [1.807, 2.05) is 13.8 Å². The minimum Gasteiger partial charge on any atom is -0.358 e. The van der Waals surface area contributed by atoms with Gasteiger partial charge in [0.25, 0.3) is 0 Å². The molecular formula is C10H17NOS. The third-order valence-electron chi connectivity index (χ3n) is 2.21. The Labute approximate surface area is 84.9 Å². The van der Waals surface area contributed by atoms with Crippen molar-refractivity contribution in [2.45, 2.75) is 31.4 Å². The SMILES string of the molecule is C#CCSC(CC)(CC)C(=O)NC. The molecule has 0 rings (SSSR count). The van der Waals surface area contributed by atoms with Gasteiger partial charge in [-0.2, -0.15) is 0 Å². The van der Waals surface area contributed by atoms with E-state index in [9.17, 15) is 4.79 Å². The second-order valence-corrected chi connectivity index (χ2v) is 4.13. The van der Waals surface area contributed by atoms with Crippen LogP contribution in [0.25, 0.3) is 0 Å². The van der Waals surface area contributed by atoms with Crippen molar-refractivity contribution in [3.8, 4) is 12.3 Å². The molecule has 0 saturated heterocycles. The molecule has 0 unspecified atom stereocenters. The molecule has 2 nitrogen and oxygen atoms in total. The Morgan fingerprint density at radius 1 is 1.54 bits per heavy atom. The molecular weight excluding hydrogens is 182 g/mol. The highest BCUT2D eigenvalue weighted by Gasteiger charge is 2.34. The Kier molecular flexibility index (Phi) is 5.65. The van der Waals surface area contributed by atoms with E-state index in [1.165, 1.54) is 0 Å². The number of hydrogen-bond acceptors (Lipinski definition) is 2. The molecule has 0 aromatic heterocycles. The molecule has 3 heteroatoms. The average Bonchev–Trinajstić information content (AvgIpc) is 2.19. The number of thioether (sulfide) groups is 1. The average molecular weight is 199 g/mol. The molecule has 0 aliphatic carbocycles. The lowest BCUT2D eigenvalue weighted by atomic mass is 10.0. The minimum atomic E-state index is -0.332. The Hall–Kier alpha value is -0.620. The highest BCUT2D eigenvalue weighted by molar-refractivity contribution is 8.01. The number of nitrogens with one attached hydrogen (secondary N) is 1. The van der Waals surface area contributed by atoms with Gasteiger partial charge in [0.1, 0.15) is 0 Å². The van der Waals surface area contributed by atoms with Crippen molar-refractivity contribution in [3.63, 3.8) is 0 Å². The van der Waals surface area contributed by atoms with Crippen LogP contribution in [0.15, 0.2) is 0 Å². The number of terminal acetylenes is 1. The van der Waals surface area contributed by atoms with Crippen molar-refractivity contribution < 1.29 is 4.79 Å². The van der Waals surface area contributed by atoms with Gasteiger partial charge in [0.2, 0.25) is 5.91 Å². The zero-order chi connectivity index (χ0) is 10.3. The monoisotopic (exact) mass is 199 g/mol. The maximum absolute atomic E-state index is 11.6. The summed E-state index contributed by atoms with van der Waals surface area (Å²) < 4.78 is -0.332. The zero-order valence-electron chi connectivity index (χ0n) is 8.52. The molecule has 1 amide bonds. The highest BCUT2D eigenvalue weighted by Crippen LogP contribution is 2.32. The highest BCUT2D eigenvalue weighted by atomic mass is 32.2. The van der Waals surface area contributed by atoms with Gasteiger partial charge in [-0.05, 0) is 12.8 Å². The Balaban J connectivity index is 4.50. The summed E-state index contributed by atoms with van der Waals surface area (Å²) in [6.07, 6.45) is 6.81. The third-order valence-corrected chi connectivity index (χ3v) is 3.84. The fourth-order valence-corrected chi connectivity index (χ4v) is 2.25. The number of carbonyl (C=O) groups is 1. The van der Waals surface area contributed by atoms with Crippen molar-refractivity contribution in [1.82, 2.24) is 5.32 Å². The molecule has 74 valence electrons. The first kappa shape index (κ1) is 12.4. The number of amides is 1. The fourth-order valence-electron chi connectivity index (χ4n) is 1.25. The largest absolute Gasteiger partial charge is 0.358 e. The maximum Gasteiger partial charge on any atom is 0.235 e. The van der Waals surface area contributed by atoms with Crippen molar-refractivity contribution >= 4 is 17.7 Å². The molecule has 0 heterocycles. The topological polar surface area (TPSA) is 29.1 Å². The second kappa shape index (κ2) is 5.93. The van der Waals surface area contributed by atoms with Gasteiger partial charge in [0, 0.05) is 7.05 Å². The predicted molar refractivity (Wildman–Crippen MR) is 58.7 cm³/mol. The first-order chi connectivity index (χ1) is 6.16. The van der Waals surface area contributed by atoms with Crippen molar-refractivity contribution in [1.29, 1.82) is 0 Å². The van der Waals surface area contributed by atoms with Crippen molar-refractivity contribution in [3.05, 3.63) is 0 Å². The van der Waals surface area contributed by atoms with Crippen molar-refractivity contribution in [2.75, 3.05) is 12.8 Å². The van der Waals surface area contributed by atoms with Gasteiger partial charge >= 0.3 is 0 Å². The van der Waals surface area contributed by atoms with E-state index in [4.69, 9.17) is 6.42 Å². The van der Waals surface area contributed by atoms with E-state index in [-0.39, 0.29) is 10.7 Å². The molecule has 0 aromatic carbocycles. The molecule has 0 aliphatic rings. The summed E-state index contributed by atoms with van der Waals surface area (Å²) in [5.74, 6) is 3.23. The van der Waals surface area contributed by atoms with Crippen molar-refractivity contribution in [2.24, 2.45) is 0 Å². The smallest absolute Gasteiger partial charge is 0.235 e. The van der Waals surface area contributed by atoms with Crippen LogP contribution in [-0.2, 0) is 4.79 Å². The number of hydrogen-bond donors (Lipinski definition) is 1. The lowest BCUT2D eigenvalue weighted by Crippen LogP contribution is -2.42. The fraction of sp³-hybridized carbons (Fsp3) is 0.700. The van der Waals surface area contributed by atoms with Crippen LogP contribution in [0.1, 0.15) is 26.7 Å². The van der Waals surface area contributed by atoms with Gasteiger partial charge < -0.3 is 5.32 Å². The maximum atomic E-state index is 11.6. The molecule has 13 heavy (non-hydrogen) atoms. The van der Waals surface area contributed by atoms with Gasteiger partial charge in [0.05, 0.1) is 10.5 Å². The van der Waals surface area contributed by atoms with Gasteiger partial charge in [-0.15, -0.1) is 18.2 Å². The molecule has 1 N–H and O–H groups in total. The summed E-state index contributed by atoms with van der Waals surface area (Å²) in [5.41, 5.74) is 0. The van der Waals surface area contributed by atoms with E-state index in [0.29, 0.717) is 5.75 Å². The Bertz CT molecular complexity index is 203. The van der Waals surface area contributed by atoms with Crippen LogP contribution in [0, 0.1) is 12.3 Å². The van der Waals surface area contributed by atoms with Gasteiger partial charge in [0.15, 0.2) is 0 Å². The molecule has 0 fully saturated rings. The van der Waals surface area contributed by atoms with Crippen LogP contribution < -0.4 is 5.32 Å². The van der Waals surface area contributed by atoms with Crippen LogP contribution in [0.5, 0.6) is 0 Å². The molecule has 0 bridgehead atoms. The summed E-state index contributed by atoms with van der Waals surface area (Å²) in [6.45, 7) is 4.03. The summed E-state index contributed by atoms with van der Waals surface area (Å²) in [6, 6.07) is 0. The van der Waals surface area contributed by atoms with E-state index in [2.05, 4.69) is 11.2 Å². The summed E-state index contributed by atoms with van der Waals surface area (Å²) >= 11 is 1.55. The van der Waals surface area contributed by atoms with Crippen LogP contribution in [-0.4, -0.2) is 23.5 Å². The van der Waals surface area contributed by atoms with Crippen LogP contribution >= 0.6 is 11.8 Å². The standard InChI is InChI=1S/C10H17NOS/c1-5-8-13-10(6-2,7-3)9(12)11-4/h1H,6-8H2,2-4H3,(H,11,12). The minimum absolute atomic E-state index is 0.0813. The quantitative estimate of drug-likeness (QED) is 0.682. The third kappa shape index (κ3) is 2.96. The lowest BCUT2D eigenvalue weighted by Gasteiger charge is -2.28. The molecule has 0 aromatic rings. The zero-order valence-corrected chi connectivity index (χ0v) is 9.33. The second-order valence-electron chi connectivity index (χ2n) is 2.77. The molecule has 0 atom stereocenters. The Morgan fingerprint density at radius 2 is 2.08 bits per heavy atom. The van der Waals surface area contributed by atoms with Gasteiger partial charge in [-0.3, -0.25) is 4.79 Å². The molecule has 0 aliphatic heterocycles. The van der Waals surface area contributed by atoms with E-state index in [0.717, 1.165) is 12.8 Å². The van der Waals surface area contributed by atoms with E-state index < -0.39 is 0 Å². The van der Waals surface area contributed by atoms with Crippen LogP contribution in [0.2, 0.25) is 0 Å². The summed E-state index contributed by atoms with van der Waals surface area (Å²) in [7, 11) is 1.67. The molecule has 0 saturated carbocycles. The number of carbonyl (C=O) groups excluding carboxylic acids is 1. The van der Waals surface area contributed by atoms with Crippen LogP contribution in [0.3, 0.4) is 0 Å². The summed E-state index contributed by atoms with van der Waals surface area (Å²) in [4.78, 5) is 11.6. The first-order valence-corrected chi connectivity index (χ1v) is 5.45. The van der Waals surface area contributed by atoms with E-state index in [1.54, 1.807) is 18.8 Å². The van der Waals surface area contributed by atoms with E-state index >= 15 is 0 Å². The van der Waals surface area contributed by atoms with Gasteiger partial charge in [-0.1, -0.05) is 19.8 Å². The number of rotatable bonds is 5. The normalized spacial score (nSPS) is 10.6.